The highest BCUT2D eigenvalue weighted by Gasteiger charge is 2.58. The fraction of sp³-hybridized carbons (Fsp3) is 0.375. The zero-order valence-corrected chi connectivity index (χ0v) is 28.2. The summed E-state index contributed by atoms with van der Waals surface area (Å²) in [5.74, 6) is -1.69. The lowest BCUT2D eigenvalue weighted by Crippen LogP contribution is -2.75. The molecular weight excluding hydrogens is 649 g/mol. The number of β-lactam (4-membered cyclic amide) rings is 1. The predicted octanol–water partition coefficient (Wildman–Crippen LogP) is 4.04. The summed E-state index contributed by atoms with van der Waals surface area (Å²) in [5, 5.41) is 7.83. The lowest BCUT2D eigenvalue weighted by atomic mass is 10.00. The number of nitrogens with one attached hydrogen (secondary N) is 1. The number of thioether (sulfide) groups is 2. The number of carbonyl (C=O) groups is 4. The summed E-state index contributed by atoms with van der Waals surface area (Å²) in [5.41, 5.74) is 2.57. The number of amides is 2. The number of oxime groups is 1. The summed E-state index contributed by atoms with van der Waals surface area (Å²) in [4.78, 5) is 63.5. The first-order chi connectivity index (χ1) is 22.0. The second-order valence-electron chi connectivity index (χ2n) is 11.6. The second kappa shape index (κ2) is 14.3. The Bertz CT molecular complexity index is 1540. The van der Waals surface area contributed by atoms with Crippen LogP contribution >= 0.6 is 34.9 Å². The smallest absolute Gasteiger partial charge is 0.347 e. The van der Waals surface area contributed by atoms with Crippen molar-refractivity contribution < 1.29 is 33.5 Å². The van der Waals surface area contributed by atoms with Gasteiger partial charge in [0.15, 0.2) is 11.8 Å². The molecule has 0 spiro atoms. The third-order valence-corrected chi connectivity index (χ3v) is 10.7. The number of hydrogen-bond donors (Lipinski definition) is 1. The van der Waals surface area contributed by atoms with E-state index in [-0.39, 0.29) is 29.2 Å². The molecule has 3 aromatic rings. The monoisotopic (exact) mass is 682 g/mol. The van der Waals surface area contributed by atoms with Crippen LogP contribution < -0.4 is 5.32 Å². The molecule has 11 nitrogen and oxygen atoms in total. The van der Waals surface area contributed by atoms with Crippen LogP contribution in [0.25, 0.3) is 0 Å². The molecule has 2 unspecified atom stereocenters. The molecule has 0 radical (unpaired) electrons. The molecular formula is C32H34N4O7S3. The van der Waals surface area contributed by atoms with Gasteiger partial charge in [-0.2, -0.15) is 0 Å². The van der Waals surface area contributed by atoms with Gasteiger partial charge in [0.2, 0.25) is 12.5 Å². The van der Waals surface area contributed by atoms with E-state index in [1.807, 2.05) is 66.9 Å². The minimum atomic E-state index is -1.00. The molecule has 3 atom stereocenters. The van der Waals surface area contributed by atoms with E-state index < -0.39 is 46.9 Å². The van der Waals surface area contributed by atoms with Crippen molar-refractivity contribution in [2.75, 3.05) is 25.2 Å². The van der Waals surface area contributed by atoms with Crippen molar-refractivity contribution in [1.82, 2.24) is 15.2 Å². The van der Waals surface area contributed by atoms with Gasteiger partial charge in [-0.25, -0.2) is 9.78 Å². The van der Waals surface area contributed by atoms with Crippen LogP contribution in [0.4, 0.5) is 0 Å². The third-order valence-electron chi connectivity index (χ3n) is 7.18. The van der Waals surface area contributed by atoms with Crippen molar-refractivity contribution in [3.8, 4) is 0 Å². The van der Waals surface area contributed by atoms with E-state index in [4.69, 9.17) is 14.3 Å². The maximum Gasteiger partial charge on any atom is 0.347 e. The average Bonchev–Trinajstić information content (AvgIpc) is 3.58. The number of fused-ring (bicyclic) bond motifs is 1. The maximum absolute atomic E-state index is 13.9. The topological polar surface area (TPSA) is 136 Å². The first kappa shape index (κ1) is 33.5. The second-order valence-corrected chi connectivity index (χ2v) is 14.6. The molecule has 2 fully saturated rings. The quantitative estimate of drug-likeness (QED) is 0.137. The molecule has 242 valence electrons. The van der Waals surface area contributed by atoms with E-state index in [1.165, 1.54) is 40.4 Å². The molecule has 5 rings (SSSR count). The van der Waals surface area contributed by atoms with Crippen LogP contribution in [0, 0.1) is 0 Å². The number of aromatic nitrogens is 1. The highest BCUT2D eigenvalue weighted by atomic mass is 32.2. The third kappa shape index (κ3) is 7.56. The van der Waals surface area contributed by atoms with Crippen molar-refractivity contribution in [2.45, 2.75) is 48.6 Å². The Morgan fingerprint density at radius 3 is 2.33 bits per heavy atom. The van der Waals surface area contributed by atoms with Crippen LogP contribution in [0.15, 0.2) is 76.7 Å². The summed E-state index contributed by atoms with van der Waals surface area (Å²) in [6.45, 7) is 4.81. The Hall–Kier alpha value is -3.88. The van der Waals surface area contributed by atoms with E-state index in [0.717, 1.165) is 11.1 Å². The Labute approximate surface area is 279 Å². The number of carbonyl (C=O) groups excluding carboxylic acids is 4. The maximum atomic E-state index is 13.9. The normalized spacial score (nSPS) is 21.2. The Kier molecular flexibility index (Phi) is 10.4. The minimum Gasteiger partial charge on any atom is -0.457 e. The Morgan fingerprint density at radius 2 is 1.76 bits per heavy atom. The fourth-order valence-corrected chi connectivity index (χ4v) is 8.02. The first-order valence-corrected chi connectivity index (χ1v) is 17.6. The van der Waals surface area contributed by atoms with Gasteiger partial charge in [-0.05, 0) is 38.2 Å². The van der Waals surface area contributed by atoms with Gasteiger partial charge in [0.1, 0.15) is 27.5 Å². The van der Waals surface area contributed by atoms with Crippen LogP contribution in [0.3, 0.4) is 0 Å². The lowest BCUT2D eigenvalue weighted by molar-refractivity contribution is -0.160. The SMILES string of the molecule is CSC1(C(=O)OC(c2ccccc2)c2ccccc2)CS[C@@H]2C(NC(=O)C(=NOCC(=O)OC(C)(C)C)c3cscn3)C(=O)N2C1. The van der Waals surface area contributed by atoms with E-state index in [2.05, 4.69) is 15.5 Å². The van der Waals surface area contributed by atoms with Crippen LogP contribution in [-0.2, 0) is 33.5 Å². The van der Waals surface area contributed by atoms with Gasteiger partial charge >= 0.3 is 11.9 Å². The van der Waals surface area contributed by atoms with Crippen LogP contribution in [0.2, 0.25) is 0 Å². The lowest BCUT2D eigenvalue weighted by Gasteiger charge is -2.53. The van der Waals surface area contributed by atoms with Crippen molar-refractivity contribution in [3.63, 3.8) is 0 Å². The Balaban J connectivity index is 1.25. The minimum absolute atomic E-state index is 0.137. The number of benzene rings is 2. The number of ether oxygens (including phenoxy) is 2. The molecule has 2 saturated heterocycles. The van der Waals surface area contributed by atoms with E-state index in [0.29, 0.717) is 5.75 Å². The molecule has 1 N–H and O–H groups in total. The van der Waals surface area contributed by atoms with Gasteiger partial charge in [0, 0.05) is 17.7 Å². The largest absolute Gasteiger partial charge is 0.457 e. The van der Waals surface area contributed by atoms with E-state index >= 15 is 0 Å². The van der Waals surface area contributed by atoms with Gasteiger partial charge < -0.3 is 24.5 Å². The standard InChI is InChI=1S/C32H34N4O7S3/c1-31(2,3)43-23(37)15-41-35-24(22-16-45-19-33-22)27(38)34-25-28(39)36-17-32(44-4,18-46-29(25)36)30(40)42-26(20-11-7-5-8-12-20)21-13-9-6-10-14-21/h5-14,16,19,25-26,29H,15,17-18H2,1-4H3,(H,34,38)/t25?,29-,32?/m1/s1. The van der Waals surface area contributed by atoms with E-state index in [9.17, 15) is 19.2 Å². The van der Waals surface area contributed by atoms with E-state index in [1.54, 1.807) is 31.1 Å². The number of thiazole rings is 1. The van der Waals surface area contributed by atoms with Gasteiger partial charge in [-0.15, -0.1) is 34.9 Å². The summed E-state index contributed by atoms with van der Waals surface area (Å²) < 4.78 is 10.4. The number of esters is 2. The molecule has 0 bridgehead atoms. The summed E-state index contributed by atoms with van der Waals surface area (Å²) in [6, 6.07) is 18.2. The molecule has 1 aromatic heterocycles. The summed E-state index contributed by atoms with van der Waals surface area (Å²) >= 11 is 4.01. The highest BCUT2D eigenvalue weighted by molar-refractivity contribution is 8.04. The van der Waals surface area contributed by atoms with Crippen LogP contribution in [-0.4, -0.2) is 86.3 Å². The first-order valence-electron chi connectivity index (χ1n) is 14.4. The number of hydrogen-bond acceptors (Lipinski definition) is 12. The van der Waals surface area contributed by atoms with Gasteiger partial charge in [0.05, 0.1) is 5.51 Å². The zero-order chi connectivity index (χ0) is 32.9. The molecule has 2 aliphatic heterocycles. The number of rotatable bonds is 11. The summed E-state index contributed by atoms with van der Waals surface area (Å²) in [7, 11) is 0. The van der Waals surface area contributed by atoms with Crippen molar-refractivity contribution >= 4 is 64.3 Å². The molecule has 2 amide bonds. The summed E-state index contributed by atoms with van der Waals surface area (Å²) in [6.07, 6.45) is 1.22. The van der Waals surface area contributed by atoms with Gasteiger partial charge in [0.25, 0.3) is 5.91 Å². The van der Waals surface area contributed by atoms with Crippen LogP contribution in [0.1, 0.15) is 43.7 Å². The van der Waals surface area contributed by atoms with Gasteiger partial charge in [-0.3, -0.25) is 14.4 Å². The Morgan fingerprint density at radius 1 is 1.11 bits per heavy atom. The molecule has 0 saturated carbocycles. The van der Waals surface area contributed by atoms with Crippen molar-refractivity contribution in [2.24, 2.45) is 5.16 Å². The average molecular weight is 683 g/mol. The molecule has 14 heteroatoms. The predicted molar refractivity (Wildman–Crippen MR) is 177 cm³/mol. The van der Waals surface area contributed by atoms with Crippen molar-refractivity contribution in [3.05, 3.63) is 88.4 Å². The fourth-order valence-electron chi connectivity index (χ4n) is 4.94. The molecule has 2 aliphatic rings. The molecule has 46 heavy (non-hydrogen) atoms. The molecule has 0 aliphatic carbocycles. The molecule has 2 aromatic carbocycles. The highest BCUT2D eigenvalue weighted by Crippen LogP contribution is 2.44. The van der Waals surface area contributed by atoms with Crippen LogP contribution in [0.5, 0.6) is 0 Å². The van der Waals surface area contributed by atoms with Gasteiger partial charge in [-0.1, -0.05) is 65.8 Å². The molecule has 3 heterocycles. The number of nitrogens with zero attached hydrogens (tertiary/aromatic N) is 3. The zero-order valence-electron chi connectivity index (χ0n) is 25.7. The van der Waals surface area contributed by atoms with Crippen molar-refractivity contribution in [1.29, 1.82) is 0 Å².